The summed E-state index contributed by atoms with van der Waals surface area (Å²) < 4.78 is 21.6. The fraction of sp³-hybridized carbons (Fsp3) is 0.344. The molecule has 1 atom stereocenters. The fourth-order valence-corrected chi connectivity index (χ4v) is 4.11. The van der Waals surface area contributed by atoms with Crippen molar-refractivity contribution in [2.24, 2.45) is 0 Å². The van der Waals surface area contributed by atoms with Crippen LogP contribution in [-0.2, 0) is 11.2 Å². The quantitative estimate of drug-likeness (QED) is 0.129. The molecule has 0 aromatic heterocycles. The minimum atomic E-state index is -1.20. The van der Waals surface area contributed by atoms with E-state index in [0.29, 0.717) is 40.7 Å². The predicted octanol–water partition coefficient (Wildman–Crippen LogP) is 5.70. The molecular formula is C32H37NO8. The van der Waals surface area contributed by atoms with Crippen LogP contribution < -0.4 is 24.3 Å². The molecule has 0 aliphatic carbocycles. The van der Waals surface area contributed by atoms with Gasteiger partial charge in [-0.1, -0.05) is 44.7 Å². The Hall–Kier alpha value is -4.53. The van der Waals surface area contributed by atoms with E-state index >= 15 is 0 Å². The van der Waals surface area contributed by atoms with E-state index in [4.69, 9.17) is 18.9 Å². The third kappa shape index (κ3) is 9.56. The summed E-state index contributed by atoms with van der Waals surface area (Å²) in [5.74, 6) is -0.591. The lowest BCUT2D eigenvalue weighted by Crippen LogP contribution is -2.42. The van der Waals surface area contributed by atoms with Gasteiger partial charge in [0.05, 0.1) is 32.0 Å². The molecule has 218 valence electrons. The van der Waals surface area contributed by atoms with Crippen LogP contribution in [0.1, 0.15) is 65.3 Å². The number of benzene rings is 3. The van der Waals surface area contributed by atoms with Gasteiger partial charge >= 0.3 is 11.9 Å². The normalized spacial score (nSPS) is 11.3. The van der Waals surface area contributed by atoms with Gasteiger partial charge in [0.1, 0.15) is 29.0 Å². The Morgan fingerprint density at radius 3 is 2.10 bits per heavy atom. The number of aliphatic carboxylic acids is 1. The van der Waals surface area contributed by atoms with E-state index < -0.39 is 23.9 Å². The zero-order chi connectivity index (χ0) is 29.6. The number of nitrogens with one attached hydrogen (secondary N) is 1. The molecule has 0 saturated heterocycles. The molecule has 0 bridgehead atoms. The summed E-state index contributed by atoms with van der Waals surface area (Å²) in [6, 6.07) is 16.7. The summed E-state index contributed by atoms with van der Waals surface area (Å²) in [5, 5.41) is 12.3. The Bertz CT molecular complexity index is 1290. The smallest absolute Gasteiger partial charge is 0.343 e. The predicted molar refractivity (Wildman–Crippen MR) is 154 cm³/mol. The van der Waals surface area contributed by atoms with E-state index in [9.17, 15) is 19.5 Å². The number of hydrogen-bond donors (Lipinski definition) is 2. The maximum Gasteiger partial charge on any atom is 0.343 e. The first-order valence-electron chi connectivity index (χ1n) is 13.6. The Morgan fingerprint density at radius 1 is 0.805 bits per heavy atom. The number of amides is 1. The molecule has 3 rings (SSSR count). The molecule has 1 amide bonds. The molecule has 2 N–H and O–H groups in total. The van der Waals surface area contributed by atoms with Crippen LogP contribution in [0.25, 0.3) is 0 Å². The molecule has 41 heavy (non-hydrogen) atoms. The highest BCUT2D eigenvalue weighted by atomic mass is 16.5. The van der Waals surface area contributed by atoms with Crippen LogP contribution in [0.15, 0.2) is 66.7 Å². The third-order valence-electron chi connectivity index (χ3n) is 6.44. The number of esters is 1. The average molecular weight is 564 g/mol. The molecule has 0 spiro atoms. The van der Waals surface area contributed by atoms with Gasteiger partial charge in [-0.15, -0.1) is 0 Å². The van der Waals surface area contributed by atoms with Crippen LogP contribution in [0.3, 0.4) is 0 Å². The number of carboxylic acids is 1. The number of carbonyl (C=O) groups excluding carboxylic acids is 2. The lowest BCUT2D eigenvalue weighted by atomic mass is 10.0. The van der Waals surface area contributed by atoms with Crippen molar-refractivity contribution in [1.82, 2.24) is 5.32 Å². The first-order valence-corrected chi connectivity index (χ1v) is 13.6. The van der Waals surface area contributed by atoms with Crippen LogP contribution >= 0.6 is 0 Å². The molecule has 0 heterocycles. The standard InChI is InChI=1S/C32H37NO8/c1-4-5-6-7-8-19-40-24-15-11-23(12-16-24)32(37)41-25-13-9-22(10-14-25)20-28(31(35)36)33-30(34)27-21-26(38-2)17-18-29(27)39-3/h9-18,21,28H,4-8,19-20H2,1-3H3,(H,33,34)(H,35,36). The van der Waals surface area contributed by atoms with Crippen molar-refractivity contribution in [3.8, 4) is 23.0 Å². The number of carboxylic acid groups (broad SMARTS) is 1. The lowest BCUT2D eigenvalue weighted by molar-refractivity contribution is -0.139. The second-order valence-electron chi connectivity index (χ2n) is 9.46. The zero-order valence-corrected chi connectivity index (χ0v) is 23.7. The Morgan fingerprint density at radius 2 is 1.46 bits per heavy atom. The van der Waals surface area contributed by atoms with Gasteiger partial charge < -0.3 is 29.4 Å². The van der Waals surface area contributed by atoms with Gasteiger partial charge in [0, 0.05) is 6.42 Å². The maximum absolute atomic E-state index is 12.9. The number of methoxy groups -OCH3 is 2. The molecule has 1 unspecified atom stereocenters. The van der Waals surface area contributed by atoms with Gasteiger partial charge in [-0.2, -0.15) is 0 Å². The van der Waals surface area contributed by atoms with Gasteiger partial charge in [-0.05, 0) is 66.6 Å². The molecule has 0 aliphatic rings. The van der Waals surface area contributed by atoms with Gasteiger partial charge in [0.25, 0.3) is 5.91 Å². The van der Waals surface area contributed by atoms with Crippen molar-refractivity contribution in [2.75, 3.05) is 20.8 Å². The molecule has 9 nitrogen and oxygen atoms in total. The second kappa shape index (κ2) is 15.9. The summed E-state index contributed by atoms with van der Waals surface area (Å²) in [4.78, 5) is 37.3. The van der Waals surface area contributed by atoms with Crippen LogP contribution in [0.4, 0.5) is 0 Å². The van der Waals surface area contributed by atoms with Crippen molar-refractivity contribution in [3.63, 3.8) is 0 Å². The molecule has 0 fully saturated rings. The van der Waals surface area contributed by atoms with Crippen LogP contribution in [0.5, 0.6) is 23.0 Å². The van der Waals surface area contributed by atoms with E-state index in [1.54, 1.807) is 60.7 Å². The molecule has 3 aromatic rings. The molecule has 3 aromatic carbocycles. The highest BCUT2D eigenvalue weighted by molar-refractivity contribution is 5.99. The van der Waals surface area contributed by atoms with Crippen molar-refractivity contribution >= 4 is 17.8 Å². The summed E-state index contributed by atoms with van der Waals surface area (Å²) in [6.07, 6.45) is 5.80. The maximum atomic E-state index is 12.9. The molecule has 0 saturated carbocycles. The van der Waals surface area contributed by atoms with Gasteiger partial charge in [0.15, 0.2) is 0 Å². The van der Waals surface area contributed by atoms with E-state index in [1.807, 2.05) is 0 Å². The summed E-state index contributed by atoms with van der Waals surface area (Å²) in [6.45, 7) is 2.82. The Balaban J connectivity index is 1.54. The number of ether oxygens (including phenoxy) is 4. The van der Waals surface area contributed by atoms with E-state index in [2.05, 4.69) is 12.2 Å². The highest BCUT2D eigenvalue weighted by Gasteiger charge is 2.23. The minimum absolute atomic E-state index is 0.0155. The third-order valence-corrected chi connectivity index (χ3v) is 6.44. The van der Waals surface area contributed by atoms with Crippen LogP contribution in [0.2, 0.25) is 0 Å². The summed E-state index contributed by atoms with van der Waals surface area (Å²) in [7, 11) is 2.88. The van der Waals surface area contributed by atoms with Crippen LogP contribution in [0, 0.1) is 0 Å². The summed E-state index contributed by atoms with van der Waals surface area (Å²) >= 11 is 0. The molecule has 9 heteroatoms. The highest BCUT2D eigenvalue weighted by Crippen LogP contribution is 2.24. The second-order valence-corrected chi connectivity index (χ2v) is 9.46. The largest absolute Gasteiger partial charge is 0.497 e. The van der Waals surface area contributed by atoms with Gasteiger partial charge in [-0.25, -0.2) is 9.59 Å². The number of carbonyl (C=O) groups is 3. The SMILES string of the molecule is CCCCCCCOc1ccc(C(=O)Oc2ccc(CC(NC(=O)c3cc(OC)ccc3OC)C(=O)O)cc2)cc1. The van der Waals surface area contributed by atoms with Gasteiger partial charge in [-0.3, -0.25) is 4.79 Å². The lowest BCUT2D eigenvalue weighted by Gasteiger charge is -2.16. The van der Waals surface area contributed by atoms with Crippen molar-refractivity contribution in [1.29, 1.82) is 0 Å². The molecular weight excluding hydrogens is 526 g/mol. The number of hydrogen-bond acceptors (Lipinski definition) is 7. The molecule has 0 aliphatic heterocycles. The first-order chi connectivity index (χ1) is 19.8. The van der Waals surface area contributed by atoms with E-state index in [0.717, 1.165) is 12.8 Å². The van der Waals surface area contributed by atoms with Crippen molar-refractivity contribution in [2.45, 2.75) is 51.5 Å². The fourth-order valence-electron chi connectivity index (χ4n) is 4.11. The van der Waals surface area contributed by atoms with Crippen molar-refractivity contribution in [3.05, 3.63) is 83.4 Å². The first kappa shape index (κ1) is 31.0. The Labute approximate surface area is 240 Å². The molecule has 0 radical (unpaired) electrons. The minimum Gasteiger partial charge on any atom is -0.497 e. The number of unbranched alkanes of at least 4 members (excludes halogenated alkanes) is 4. The van der Waals surface area contributed by atoms with E-state index in [-0.39, 0.29) is 12.0 Å². The van der Waals surface area contributed by atoms with Crippen molar-refractivity contribution < 1.29 is 38.4 Å². The topological polar surface area (TPSA) is 120 Å². The Kier molecular flexibility index (Phi) is 12.0. The van der Waals surface area contributed by atoms with Gasteiger partial charge in [0.2, 0.25) is 0 Å². The van der Waals surface area contributed by atoms with Crippen LogP contribution in [-0.4, -0.2) is 49.8 Å². The average Bonchev–Trinajstić information content (AvgIpc) is 2.99. The summed E-state index contributed by atoms with van der Waals surface area (Å²) in [5.41, 5.74) is 1.17. The monoisotopic (exact) mass is 563 g/mol. The van der Waals surface area contributed by atoms with E-state index in [1.165, 1.54) is 39.5 Å². The zero-order valence-electron chi connectivity index (χ0n) is 23.7. The number of rotatable bonds is 16.